The summed E-state index contributed by atoms with van der Waals surface area (Å²) in [6.07, 6.45) is 0.956. The molecule has 0 bridgehead atoms. The summed E-state index contributed by atoms with van der Waals surface area (Å²) in [6, 6.07) is 26.6. The molecule has 0 aliphatic rings. The van der Waals surface area contributed by atoms with Crippen LogP contribution in [0.4, 0.5) is 5.82 Å². The van der Waals surface area contributed by atoms with Gasteiger partial charge in [0.2, 0.25) is 0 Å². The Morgan fingerprint density at radius 2 is 1.45 bits per heavy atom. The first kappa shape index (κ1) is 18.9. The zero-order valence-corrected chi connectivity index (χ0v) is 16.2. The van der Waals surface area contributed by atoms with Gasteiger partial charge in [-0.05, 0) is 35.7 Å². The van der Waals surface area contributed by atoms with Crippen LogP contribution < -0.4 is 16.2 Å². The van der Waals surface area contributed by atoms with Gasteiger partial charge in [-0.2, -0.15) is 5.10 Å². The van der Waals surface area contributed by atoms with Gasteiger partial charge < -0.3 is 10.6 Å². The Labute approximate surface area is 169 Å². The predicted octanol–water partition coefficient (Wildman–Crippen LogP) is 4.18. The fraction of sp³-hybridized carbons (Fsp3) is 0.167. The number of benzene rings is 3. The molecule has 0 saturated heterocycles. The molecule has 3 aromatic carbocycles. The molecule has 0 unspecified atom stereocenters. The number of anilines is 1. The lowest BCUT2D eigenvalue weighted by Gasteiger charge is -2.09. The fourth-order valence-electron chi connectivity index (χ4n) is 3.35. The van der Waals surface area contributed by atoms with Gasteiger partial charge in [0.05, 0.1) is 5.39 Å². The number of rotatable bonds is 8. The second-order valence-electron chi connectivity index (χ2n) is 6.97. The monoisotopic (exact) mass is 384 g/mol. The highest BCUT2D eigenvalue weighted by Crippen LogP contribution is 2.19. The second-order valence-corrected chi connectivity index (χ2v) is 6.97. The second kappa shape index (κ2) is 9.17. The largest absolute Gasteiger partial charge is 0.368 e. The van der Waals surface area contributed by atoms with Crippen LogP contribution >= 0.6 is 0 Å². The van der Waals surface area contributed by atoms with Gasteiger partial charge >= 0.3 is 0 Å². The van der Waals surface area contributed by atoms with Crippen LogP contribution in [0.25, 0.3) is 21.9 Å². The van der Waals surface area contributed by atoms with Crippen molar-refractivity contribution in [2.75, 3.05) is 18.4 Å². The number of hydrogen-bond acceptors (Lipinski definition) is 4. The maximum atomic E-state index is 11.8. The topological polar surface area (TPSA) is 69.8 Å². The van der Waals surface area contributed by atoms with E-state index in [1.807, 2.05) is 30.3 Å². The van der Waals surface area contributed by atoms with E-state index in [2.05, 4.69) is 69.4 Å². The van der Waals surface area contributed by atoms with E-state index in [0.29, 0.717) is 5.39 Å². The average molecular weight is 384 g/mol. The smallest absolute Gasteiger partial charge is 0.272 e. The Morgan fingerprint density at radius 3 is 2.24 bits per heavy atom. The van der Waals surface area contributed by atoms with Crippen LogP contribution in [-0.2, 0) is 6.54 Å². The lowest BCUT2D eigenvalue weighted by molar-refractivity contribution is 0.662. The van der Waals surface area contributed by atoms with Crippen molar-refractivity contribution in [3.05, 3.63) is 94.8 Å². The van der Waals surface area contributed by atoms with Crippen molar-refractivity contribution in [1.29, 1.82) is 0 Å². The van der Waals surface area contributed by atoms with Crippen molar-refractivity contribution in [2.24, 2.45) is 0 Å². The van der Waals surface area contributed by atoms with Gasteiger partial charge in [0.15, 0.2) is 5.82 Å². The van der Waals surface area contributed by atoms with E-state index in [-0.39, 0.29) is 5.56 Å². The summed E-state index contributed by atoms with van der Waals surface area (Å²) in [4.78, 5) is 11.8. The molecule has 4 aromatic rings. The molecule has 4 rings (SSSR count). The minimum atomic E-state index is -0.161. The first-order chi connectivity index (χ1) is 14.3. The molecule has 29 heavy (non-hydrogen) atoms. The standard InChI is InChI=1S/C24H24N4O/c29-24-22-10-5-4-9-21(22)23(27-28-24)26-16-6-15-25-17-18-11-13-20(14-12-18)19-7-2-1-3-8-19/h1-5,7-14,25H,6,15-17H2,(H,26,27)(H,28,29). The highest BCUT2D eigenvalue weighted by molar-refractivity contribution is 5.90. The van der Waals surface area contributed by atoms with Gasteiger partial charge in [-0.3, -0.25) is 4.79 Å². The minimum Gasteiger partial charge on any atom is -0.368 e. The fourth-order valence-corrected chi connectivity index (χ4v) is 3.35. The molecule has 0 radical (unpaired) electrons. The number of nitrogens with one attached hydrogen (secondary N) is 3. The van der Waals surface area contributed by atoms with Crippen molar-refractivity contribution in [3.63, 3.8) is 0 Å². The SMILES string of the molecule is O=c1[nH]nc(NCCCNCc2ccc(-c3ccccc3)cc2)c2ccccc12. The van der Waals surface area contributed by atoms with Gasteiger partial charge in [-0.1, -0.05) is 72.8 Å². The number of fused-ring (bicyclic) bond motifs is 1. The van der Waals surface area contributed by atoms with Crippen LogP contribution in [0.5, 0.6) is 0 Å². The lowest BCUT2D eigenvalue weighted by Crippen LogP contribution is -2.18. The maximum absolute atomic E-state index is 11.8. The van der Waals surface area contributed by atoms with E-state index in [0.717, 1.165) is 37.3 Å². The molecule has 146 valence electrons. The molecule has 0 fully saturated rings. The van der Waals surface area contributed by atoms with Gasteiger partial charge in [0.25, 0.3) is 5.56 Å². The Kier molecular flexibility index (Phi) is 5.98. The minimum absolute atomic E-state index is 0.161. The number of nitrogens with zero attached hydrogens (tertiary/aromatic N) is 1. The van der Waals surface area contributed by atoms with Crippen LogP contribution in [0.3, 0.4) is 0 Å². The predicted molar refractivity (Wildman–Crippen MR) is 119 cm³/mol. The first-order valence-corrected chi connectivity index (χ1v) is 9.87. The van der Waals surface area contributed by atoms with Gasteiger partial charge in [0, 0.05) is 18.5 Å². The van der Waals surface area contributed by atoms with Crippen molar-refractivity contribution >= 4 is 16.6 Å². The summed E-state index contributed by atoms with van der Waals surface area (Å²) < 4.78 is 0. The van der Waals surface area contributed by atoms with Crippen LogP contribution in [0.15, 0.2) is 83.7 Å². The molecule has 1 aromatic heterocycles. The zero-order chi connectivity index (χ0) is 19.9. The third-order valence-corrected chi connectivity index (χ3v) is 4.91. The molecule has 0 aliphatic carbocycles. The van der Waals surface area contributed by atoms with Crippen LogP contribution in [0.2, 0.25) is 0 Å². The summed E-state index contributed by atoms with van der Waals surface area (Å²) in [5, 5.41) is 15.0. The van der Waals surface area contributed by atoms with E-state index in [1.54, 1.807) is 0 Å². The Morgan fingerprint density at radius 1 is 0.759 bits per heavy atom. The number of aromatic nitrogens is 2. The molecule has 3 N–H and O–H groups in total. The number of hydrogen-bond donors (Lipinski definition) is 3. The molecule has 5 nitrogen and oxygen atoms in total. The van der Waals surface area contributed by atoms with Crippen molar-refractivity contribution < 1.29 is 0 Å². The molecule has 0 aliphatic heterocycles. The van der Waals surface area contributed by atoms with E-state index in [9.17, 15) is 4.79 Å². The molecule has 0 atom stereocenters. The van der Waals surface area contributed by atoms with Crippen molar-refractivity contribution in [1.82, 2.24) is 15.5 Å². The summed E-state index contributed by atoms with van der Waals surface area (Å²) in [5.74, 6) is 0.719. The van der Waals surface area contributed by atoms with Gasteiger partial charge in [-0.25, -0.2) is 5.10 Å². The molecule has 0 saturated carbocycles. The van der Waals surface area contributed by atoms with Gasteiger partial charge in [0.1, 0.15) is 0 Å². The molecule has 0 amide bonds. The summed E-state index contributed by atoms with van der Waals surface area (Å²) in [7, 11) is 0. The molecule has 1 heterocycles. The highest BCUT2D eigenvalue weighted by atomic mass is 16.1. The third-order valence-electron chi connectivity index (χ3n) is 4.91. The van der Waals surface area contributed by atoms with Crippen molar-refractivity contribution in [2.45, 2.75) is 13.0 Å². The zero-order valence-electron chi connectivity index (χ0n) is 16.2. The third kappa shape index (κ3) is 4.70. The summed E-state index contributed by atoms with van der Waals surface area (Å²) in [5.41, 5.74) is 3.58. The van der Waals surface area contributed by atoms with Crippen molar-refractivity contribution in [3.8, 4) is 11.1 Å². The first-order valence-electron chi connectivity index (χ1n) is 9.87. The van der Waals surface area contributed by atoms with E-state index >= 15 is 0 Å². The van der Waals surface area contributed by atoms with E-state index < -0.39 is 0 Å². The molecule has 5 heteroatoms. The van der Waals surface area contributed by atoms with E-state index in [1.165, 1.54) is 16.7 Å². The van der Waals surface area contributed by atoms with E-state index in [4.69, 9.17) is 0 Å². The Bertz CT molecular complexity index is 1120. The Hall–Kier alpha value is -3.44. The molecular weight excluding hydrogens is 360 g/mol. The van der Waals surface area contributed by atoms with Crippen LogP contribution in [-0.4, -0.2) is 23.3 Å². The Balaban J connectivity index is 1.23. The number of aromatic amines is 1. The summed E-state index contributed by atoms with van der Waals surface area (Å²) in [6.45, 7) is 2.52. The normalized spacial score (nSPS) is 10.9. The average Bonchev–Trinajstić information content (AvgIpc) is 2.79. The summed E-state index contributed by atoms with van der Waals surface area (Å²) >= 11 is 0. The highest BCUT2D eigenvalue weighted by Gasteiger charge is 2.04. The molecule has 0 spiro atoms. The van der Waals surface area contributed by atoms with Gasteiger partial charge in [-0.15, -0.1) is 0 Å². The molecular formula is C24H24N4O. The quantitative estimate of drug-likeness (QED) is 0.399. The van der Waals surface area contributed by atoms with Crippen LogP contribution in [0.1, 0.15) is 12.0 Å². The maximum Gasteiger partial charge on any atom is 0.272 e. The lowest BCUT2D eigenvalue weighted by atomic mass is 10.0. The van der Waals surface area contributed by atoms with Crippen LogP contribution in [0, 0.1) is 0 Å². The number of H-pyrrole nitrogens is 1.